The number of rotatable bonds is 9. The number of halogens is 3. The van der Waals surface area contributed by atoms with E-state index in [0.717, 1.165) is 34.1 Å². The second-order valence-corrected chi connectivity index (χ2v) is 8.23. The average Bonchev–Trinajstić information content (AvgIpc) is 2.87. The van der Waals surface area contributed by atoms with Crippen LogP contribution >= 0.6 is 0 Å². The maximum Gasteiger partial charge on any atom is 0.433 e. The summed E-state index contributed by atoms with van der Waals surface area (Å²) in [6, 6.07) is 27.9. The van der Waals surface area contributed by atoms with E-state index in [0.29, 0.717) is 18.6 Å². The van der Waals surface area contributed by atoms with Gasteiger partial charge in [0.1, 0.15) is 23.8 Å². The average molecular weight is 476 g/mol. The maximum absolute atomic E-state index is 12.6. The van der Waals surface area contributed by atoms with Gasteiger partial charge in [0.25, 0.3) is 0 Å². The molecular weight excluding hydrogens is 451 g/mol. The molecule has 0 fully saturated rings. The third-order valence-corrected chi connectivity index (χ3v) is 5.60. The van der Waals surface area contributed by atoms with Crippen molar-refractivity contribution in [1.29, 1.82) is 0 Å². The van der Waals surface area contributed by atoms with Crippen molar-refractivity contribution in [2.75, 3.05) is 0 Å². The van der Waals surface area contributed by atoms with Crippen molar-refractivity contribution in [2.24, 2.45) is 0 Å². The summed E-state index contributed by atoms with van der Waals surface area (Å²) >= 11 is 0. The fourth-order valence-corrected chi connectivity index (χ4v) is 3.70. The first-order chi connectivity index (χ1) is 16.9. The Morgan fingerprint density at radius 3 is 2.11 bits per heavy atom. The molecule has 0 N–H and O–H groups in total. The Labute approximate surface area is 202 Å². The van der Waals surface area contributed by atoms with Crippen LogP contribution in [0.1, 0.15) is 28.8 Å². The minimum Gasteiger partial charge on any atom is -0.488 e. The number of Topliss-reactive ketones (excluding diaryl/α,β-unsaturated/α-hetero) is 1. The molecule has 4 aromatic rings. The van der Waals surface area contributed by atoms with Gasteiger partial charge in [-0.15, -0.1) is 0 Å². The summed E-state index contributed by atoms with van der Waals surface area (Å²) in [6.45, 7) is 0.402. The number of hydrogen-bond donors (Lipinski definition) is 0. The Bertz CT molecular complexity index is 1250. The summed E-state index contributed by atoms with van der Waals surface area (Å²) in [6.07, 6.45) is -2.41. The highest BCUT2D eigenvalue weighted by molar-refractivity contribution is 5.81. The molecular formula is C29H24F3NO2. The normalized spacial score (nSPS) is 11.3. The van der Waals surface area contributed by atoms with Crippen LogP contribution in [-0.4, -0.2) is 10.8 Å². The molecule has 0 amide bonds. The summed E-state index contributed by atoms with van der Waals surface area (Å²) in [5.41, 5.74) is 3.66. The van der Waals surface area contributed by atoms with E-state index in [1.165, 1.54) is 12.3 Å². The van der Waals surface area contributed by atoms with E-state index < -0.39 is 11.9 Å². The predicted molar refractivity (Wildman–Crippen MR) is 129 cm³/mol. The number of benzene rings is 3. The van der Waals surface area contributed by atoms with E-state index in [4.69, 9.17) is 4.74 Å². The standard InChI is InChI=1S/C29H24F3NO2/c30-29(31,32)28-17-15-22(19-33-28)14-16-25(34)18-21-10-12-23(13-11-21)20-35-27-9-5-4-8-26(27)24-6-2-1-3-7-24/h1-13,15,17,19H,14,16,18,20H2. The van der Waals surface area contributed by atoms with Gasteiger partial charge in [0.05, 0.1) is 0 Å². The number of ether oxygens (including phenoxy) is 1. The van der Waals surface area contributed by atoms with Gasteiger partial charge < -0.3 is 4.74 Å². The number of ketones is 1. The van der Waals surface area contributed by atoms with E-state index in [9.17, 15) is 18.0 Å². The van der Waals surface area contributed by atoms with Gasteiger partial charge in [0.2, 0.25) is 0 Å². The number of hydrogen-bond acceptors (Lipinski definition) is 3. The van der Waals surface area contributed by atoms with Crippen LogP contribution in [0.4, 0.5) is 13.2 Å². The van der Waals surface area contributed by atoms with E-state index in [2.05, 4.69) is 4.98 Å². The van der Waals surface area contributed by atoms with Crippen LogP contribution in [0.5, 0.6) is 5.75 Å². The first-order valence-corrected chi connectivity index (χ1v) is 11.3. The van der Waals surface area contributed by atoms with Crippen LogP contribution < -0.4 is 4.74 Å². The van der Waals surface area contributed by atoms with Crippen molar-refractivity contribution in [3.05, 3.63) is 120 Å². The Hall–Kier alpha value is -3.93. The first kappa shape index (κ1) is 24.2. The van der Waals surface area contributed by atoms with Gasteiger partial charge >= 0.3 is 6.18 Å². The minimum absolute atomic E-state index is 0.0192. The van der Waals surface area contributed by atoms with Crippen LogP contribution in [0, 0.1) is 0 Å². The molecule has 6 heteroatoms. The number of aryl methyl sites for hydroxylation is 1. The molecule has 0 saturated carbocycles. The Balaban J connectivity index is 1.28. The van der Waals surface area contributed by atoms with E-state index in [1.54, 1.807) is 0 Å². The quantitative estimate of drug-likeness (QED) is 0.259. The van der Waals surface area contributed by atoms with Crippen molar-refractivity contribution in [2.45, 2.75) is 32.0 Å². The molecule has 0 spiro atoms. The number of para-hydroxylation sites is 1. The molecule has 178 valence electrons. The lowest BCUT2D eigenvalue weighted by molar-refractivity contribution is -0.141. The largest absolute Gasteiger partial charge is 0.488 e. The van der Waals surface area contributed by atoms with Gasteiger partial charge in [-0.3, -0.25) is 9.78 Å². The SMILES string of the molecule is O=C(CCc1ccc(C(F)(F)F)nc1)Cc1ccc(COc2ccccc2-c2ccccc2)cc1. The molecule has 1 aromatic heterocycles. The summed E-state index contributed by atoms with van der Waals surface area (Å²) in [5, 5.41) is 0. The van der Waals surface area contributed by atoms with Crippen molar-refractivity contribution in [3.8, 4) is 16.9 Å². The third kappa shape index (κ3) is 6.79. The topological polar surface area (TPSA) is 39.2 Å². The van der Waals surface area contributed by atoms with Crippen molar-refractivity contribution < 1.29 is 22.7 Å². The smallest absolute Gasteiger partial charge is 0.433 e. The summed E-state index contributed by atoms with van der Waals surface area (Å²) in [7, 11) is 0. The minimum atomic E-state index is -4.46. The summed E-state index contributed by atoms with van der Waals surface area (Å²) in [4.78, 5) is 15.8. The van der Waals surface area contributed by atoms with Crippen LogP contribution in [0.15, 0.2) is 97.2 Å². The molecule has 0 radical (unpaired) electrons. The molecule has 0 saturated heterocycles. The lowest BCUT2D eigenvalue weighted by atomic mass is 10.0. The van der Waals surface area contributed by atoms with Crippen LogP contribution in [-0.2, 0) is 30.4 Å². The van der Waals surface area contributed by atoms with Gasteiger partial charge in [-0.05, 0) is 40.8 Å². The fourth-order valence-electron chi connectivity index (χ4n) is 3.70. The third-order valence-electron chi connectivity index (χ3n) is 5.60. The fraction of sp³-hybridized carbons (Fsp3) is 0.172. The molecule has 3 aromatic carbocycles. The zero-order valence-corrected chi connectivity index (χ0v) is 19.0. The number of pyridine rings is 1. The summed E-state index contributed by atoms with van der Waals surface area (Å²) < 4.78 is 43.9. The van der Waals surface area contributed by atoms with Gasteiger partial charge in [-0.25, -0.2) is 0 Å². The molecule has 0 aliphatic carbocycles. The lowest BCUT2D eigenvalue weighted by Crippen LogP contribution is -2.08. The van der Waals surface area contributed by atoms with Crippen LogP contribution in [0.3, 0.4) is 0 Å². The van der Waals surface area contributed by atoms with Crippen molar-refractivity contribution in [1.82, 2.24) is 4.98 Å². The highest BCUT2D eigenvalue weighted by Crippen LogP contribution is 2.30. The van der Waals surface area contributed by atoms with E-state index in [1.807, 2.05) is 78.9 Å². The van der Waals surface area contributed by atoms with E-state index in [-0.39, 0.29) is 18.6 Å². The number of carbonyl (C=O) groups is 1. The molecule has 0 atom stereocenters. The number of aromatic nitrogens is 1. The Morgan fingerprint density at radius 1 is 0.771 bits per heavy atom. The number of alkyl halides is 3. The van der Waals surface area contributed by atoms with Gasteiger partial charge in [0, 0.05) is 24.6 Å². The van der Waals surface area contributed by atoms with Crippen LogP contribution in [0.2, 0.25) is 0 Å². The van der Waals surface area contributed by atoms with E-state index >= 15 is 0 Å². The molecule has 0 aliphatic rings. The first-order valence-electron chi connectivity index (χ1n) is 11.3. The maximum atomic E-state index is 12.6. The highest BCUT2D eigenvalue weighted by Gasteiger charge is 2.31. The highest BCUT2D eigenvalue weighted by atomic mass is 19.4. The predicted octanol–water partition coefficient (Wildman–Crippen LogP) is 7.09. The zero-order valence-electron chi connectivity index (χ0n) is 19.0. The molecule has 1 heterocycles. The van der Waals surface area contributed by atoms with Crippen LogP contribution in [0.25, 0.3) is 11.1 Å². The molecule has 0 unspecified atom stereocenters. The summed E-state index contributed by atoms with van der Waals surface area (Å²) in [5.74, 6) is 0.821. The lowest BCUT2D eigenvalue weighted by Gasteiger charge is -2.12. The van der Waals surface area contributed by atoms with Crippen molar-refractivity contribution >= 4 is 5.78 Å². The molecule has 0 aliphatic heterocycles. The monoisotopic (exact) mass is 475 g/mol. The molecule has 3 nitrogen and oxygen atoms in total. The Kier molecular flexibility index (Phi) is 7.60. The van der Waals surface area contributed by atoms with Gasteiger partial charge in [-0.2, -0.15) is 13.2 Å². The second-order valence-electron chi connectivity index (χ2n) is 8.23. The van der Waals surface area contributed by atoms with Crippen molar-refractivity contribution in [3.63, 3.8) is 0 Å². The van der Waals surface area contributed by atoms with Gasteiger partial charge in [-0.1, -0.05) is 78.9 Å². The Morgan fingerprint density at radius 2 is 1.43 bits per heavy atom. The molecule has 0 bridgehead atoms. The second kappa shape index (κ2) is 11.0. The number of nitrogens with zero attached hydrogens (tertiary/aromatic N) is 1. The molecule has 4 rings (SSSR count). The number of carbonyl (C=O) groups excluding carboxylic acids is 1. The molecule has 35 heavy (non-hydrogen) atoms. The van der Waals surface area contributed by atoms with Gasteiger partial charge in [0.15, 0.2) is 0 Å². The zero-order chi connectivity index (χ0) is 24.7.